The predicted molar refractivity (Wildman–Crippen MR) is 89.6 cm³/mol. The van der Waals surface area contributed by atoms with Gasteiger partial charge in [0.2, 0.25) is 0 Å². The van der Waals surface area contributed by atoms with Gasteiger partial charge in [-0.3, -0.25) is 4.40 Å². The summed E-state index contributed by atoms with van der Waals surface area (Å²) in [5.41, 5.74) is 1.30. The van der Waals surface area contributed by atoms with Crippen molar-refractivity contribution in [2.45, 2.75) is 9.92 Å². The van der Waals surface area contributed by atoms with E-state index < -0.39 is 0 Å². The first kappa shape index (κ1) is 15.6. The Morgan fingerprint density at radius 2 is 2.22 bits per heavy atom. The number of carbonyl (C=O) groups is 1. The molecule has 1 aromatic carbocycles. The molecular formula is C15H13N3O3S2. The summed E-state index contributed by atoms with van der Waals surface area (Å²) in [6.07, 6.45) is 3.52. The van der Waals surface area contributed by atoms with Gasteiger partial charge in [0.1, 0.15) is 17.8 Å². The number of esters is 1. The van der Waals surface area contributed by atoms with Crippen LogP contribution in [0.4, 0.5) is 0 Å². The number of ether oxygens (including phenoxy) is 1. The van der Waals surface area contributed by atoms with E-state index in [1.807, 2.05) is 28.1 Å². The molecule has 0 aliphatic carbocycles. The summed E-state index contributed by atoms with van der Waals surface area (Å²) in [6.45, 7) is 0. The van der Waals surface area contributed by atoms with Crippen LogP contribution in [-0.2, 0) is 9.57 Å². The van der Waals surface area contributed by atoms with Crippen molar-refractivity contribution in [3.8, 4) is 0 Å². The van der Waals surface area contributed by atoms with Crippen LogP contribution in [-0.4, -0.2) is 35.8 Å². The molecule has 0 amide bonds. The van der Waals surface area contributed by atoms with Crippen molar-refractivity contribution in [3.05, 3.63) is 47.1 Å². The van der Waals surface area contributed by atoms with Crippen molar-refractivity contribution in [1.82, 2.24) is 9.38 Å². The van der Waals surface area contributed by atoms with Crippen LogP contribution in [0.1, 0.15) is 16.1 Å². The van der Waals surface area contributed by atoms with E-state index in [0.29, 0.717) is 5.56 Å². The molecule has 2 aromatic heterocycles. The number of oxime groups is 1. The third-order valence-electron chi connectivity index (χ3n) is 3.04. The number of nitrogens with zero attached hydrogens (tertiary/aromatic N) is 3. The second-order valence-corrected chi connectivity index (χ2v) is 6.27. The number of methoxy groups -OCH3 is 1. The van der Waals surface area contributed by atoms with Crippen molar-refractivity contribution in [2.75, 3.05) is 14.2 Å². The fourth-order valence-corrected chi connectivity index (χ4v) is 3.80. The summed E-state index contributed by atoms with van der Waals surface area (Å²) in [7, 11) is 2.86. The number of imidazole rings is 1. The molecule has 0 radical (unpaired) electrons. The SMILES string of the molecule is CO/N=C/c1c(Sc2ccccc2C(=O)OC)nc2sccn12. The highest BCUT2D eigenvalue weighted by molar-refractivity contribution is 7.99. The molecule has 0 unspecified atom stereocenters. The third kappa shape index (κ3) is 3.08. The Morgan fingerprint density at radius 1 is 1.39 bits per heavy atom. The molecule has 23 heavy (non-hydrogen) atoms. The molecule has 8 heteroatoms. The van der Waals surface area contributed by atoms with E-state index in [2.05, 4.69) is 10.1 Å². The van der Waals surface area contributed by atoms with Crippen molar-refractivity contribution in [1.29, 1.82) is 0 Å². The third-order valence-corrected chi connectivity index (χ3v) is 4.87. The second-order valence-electron chi connectivity index (χ2n) is 4.36. The van der Waals surface area contributed by atoms with Crippen molar-refractivity contribution in [2.24, 2.45) is 5.16 Å². The lowest BCUT2D eigenvalue weighted by Crippen LogP contribution is -2.02. The Balaban J connectivity index is 2.04. The van der Waals surface area contributed by atoms with Gasteiger partial charge in [0.15, 0.2) is 4.96 Å². The molecule has 118 valence electrons. The molecule has 0 fully saturated rings. The fourth-order valence-electron chi connectivity index (χ4n) is 2.02. The van der Waals surface area contributed by atoms with Crippen molar-refractivity contribution < 1.29 is 14.4 Å². The Hall–Kier alpha value is -2.32. The van der Waals surface area contributed by atoms with Crippen LogP contribution in [0, 0.1) is 0 Å². The van der Waals surface area contributed by atoms with Gasteiger partial charge in [0.05, 0.1) is 18.9 Å². The molecule has 6 nitrogen and oxygen atoms in total. The van der Waals surface area contributed by atoms with E-state index in [1.54, 1.807) is 18.3 Å². The average molecular weight is 347 g/mol. The summed E-state index contributed by atoms with van der Waals surface area (Å²) in [5.74, 6) is -0.374. The summed E-state index contributed by atoms with van der Waals surface area (Å²) in [5, 5.41) is 6.53. The largest absolute Gasteiger partial charge is 0.465 e. The van der Waals surface area contributed by atoms with Crippen LogP contribution in [0.5, 0.6) is 0 Å². The van der Waals surface area contributed by atoms with Crippen LogP contribution in [0.25, 0.3) is 4.96 Å². The maximum atomic E-state index is 11.9. The number of aromatic nitrogens is 2. The number of benzene rings is 1. The van der Waals surface area contributed by atoms with Gasteiger partial charge in [-0.1, -0.05) is 29.1 Å². The van der Waals surface area contributed by atoms with Crippen LogP contribution in [0.2, 0.25) is 0 Å². The minimum Gasteiger partial charge on any atom is -0.465 e. The zero-order valence-corrected chi connectivity index (χ0v) is 14.1. The first-order valence-electron chi connectivity index (χ1n) is 6.62. The molecule has 0 saturated heterocycles. The maximum absolute atomic E-state index is 11.9. The second kappa shape index (κ2) is 6.84. The molecular weight excluding hydrogens is 334 g/mol. The van der Waals surface area contributed by atoms with Gasteiger partial charge in [0.25, 0.3) is 0 Å². The van der Waals surface area contributed by atoms with E-state index in [0.717, 1.165) is 20.6 Å². The topological polar surface area (TPSA) is 65.2 Å². The first-order chi connectivity index (χ1) is 11.2. The van der Waals surface area contributed by atoms with Gasteiger partial charge in [-0.25, -0.2) is 9.78 Å². The monoisotopic (exact) mass is 347 g/mol. The Bertz CT molecular complexity index is 870. The van der Waals surface area contributed by atoms with Gasteiger partial charge in [-0.05, 0) is 12.1 Å². The molecule has 0 spiro atoms. The quantitative estimate of drug-likeness (QED) is 0.402. The van der Waals surface area contributed by atoms with E-state index in [9.17, 15) is 4.79 Å². The molecule has 2 heterocycles. The maximum Gasteiger partial charge on any atom is 0.339 e. The van der Waals surface area contributed by atoms with E-state index in [-0.39, 0.29) is 5.97 Å². The molecule has 3 aromatic rings. The normalized spacial score (nSPS) is 11.2. The highest BCUT2D eigenvalue weighted by Gasteiger charge is 2.17. The zero-order valence-electron chi connectivity index (χ0n) is 12.4. The Kier molecular flexibility index (Phi) is 4.63. The number of hydrogen-bond donors (Lipinski definition) is 0. The molecule has 0 atom stereocenters. The molecule has 3 rings (SSSR count). The molecule has 0 saturated carbocycles. The number of rotatable bonds is 5. The lowest BCUT2D eigenvalue weighted by atomic mass is 10.2. The van der Waals surface area contributed by atoms with E-state index in [4.69, 9.17) is 9.57 Å². The lowest BCUT2D eigenvalue weighted by molar-refractivity contribution is 0.0597. The smallest absolute Gasteiger partial charge is 0.339 e. The zero-order chi connectivity index (χ0) is 16.2. The lowest BCUT2D eigenvalue weighted by Gasteiger charge is -2.06. The minimum absolute atomic E-state index is 0.374. The van der Waals surface area contributed by atoms with Gasteiger partial charge >= 0.3 is 5.97 Å². The van der Waals surface area contributed by atoms with Gasteiger partial charge in [-0.2, -0.15) is 0 Å². The van der Waals surface area contributed by atoms with Crippen molar-refractivity contribution >= 4 is 40.2 Å². The molecule has 0 bridgehead atoms. The number of thiazole rings is 1. The first-order valence-corrected chi connectivity index (χ1v) is 8.31. The van der Waals surface area contributed by atoms with E-state index in [1.165, 1.54) is 37.3 Å². The summed E-state index contributed by atoms with van der Waals surface area (Å²) < 4.78 is 6.76. The van der Waals surface area contributed by atoms with Gasteiger partial charge in [0, 0.05) is 16.5 Å². The highest BCUT2D eigenvalue weighted by atomic mass is 32.2. The molecule has 0 aliphatic rings. The van der Waals surface area contributed by atoms with Crippen LogP contribution in [0.15, 0.2) is 50.9 Å². The van der Waals surface area contributed by atoms with Crippen molar-refractivity contribution in [3.63, 3.8) is 0 Å². The number of fused-ring (bicyclic) bond motifs is 1. The standard InChI is InChI=1S/C15H13N3O3S2/c1-20-14(19)10-5-3-4-6-12(10)23-13-11(9-16-21-2)18-7-8-22-15(18)17-13/h3-9H,1-2H3/b16-9+. The number of carbonyl (C=O) groups excluding carboxylic acids is 1. The van der Waals surface area contributed by atoms with Gasteiger partial charge < -0.3 is 9.57 Å². The Morgan fingerprint density at radius 3 is 3.00 bits per heavy atom. The average Bonchev–Trinajstić information content (AvgIpc) is 3.14. The molecule has 0 N–H and O–H groups in total. The summed E-state index contributed by atoms with van der Waals surface area (Å²) >= 11 is 2.92. The Labute approximate surface area is 140 Å². The summed E-state index contributed by atoms with van der Waals surface area (Å²) in [4.78, 5) is 22.9. The minimum atomic E-state index is -0.374. The van der Waals surface area contributed by atoms with Crippen LogP contribution >= 0.6 is 23.1 Å². The fraction of sp³-hybridized carbons (Fsp3) is 0.133. The predicted octanol–water partition coefficient (Wildman–Crippen LogP) is 3.31. The highest BCUT2D eigenvalue weighted by Crippen LogP contribution is 2.33. The van der Waals surface area contributed by atoms with E-state index >= 15 is 0 Å². The van der Waals surface area contributed by atoms with Gasteiger partial charge in [-0.15, -0.1) is 11.3 Å². The molecule has 0 aliphatic heterocycles. The van der Waals surface area contributed by atoms with Crippen LogP contribution in [0.3, 0.4) is 0 Å². The number of hydrogen-bond acceptors (Lipinski definition) is 7. The summed E-state index contributed by atoms with van der Waals surface area (Å²) in [6, 6.07) is 7.27. The van der Waals surface area contributed by atoms with Crippen LogP contribution < -0.4 is 0 Å².